The molecule has 2 fully saturated rings. The Morgan fingerprint density at radius 3 is 2.25 bits per heavy atom. The molecule has 1 heterocycles. The zero-order chi connectivity index (χ0) is 14.9. The number of piperazine rings is 1. The van der Waals surface area contributed by atoms with Crippen LogP contribution in [0.1, 0.15) is 59.8 Å². The lowest BCUT2D eigenvalue weighted by Crippen LogP contribution is -2.66. The zero-order valence-corrected chi connectivity index (χ0v) is 13.2. The Hall–Kier alpha value is -1.06. The van der Waals surface area contributed by atoms with Crippen molar-refractivity contribution in [2.24, 2.45) is 11.8 Å². The number of rotatable bonds is 3. The van der Waals surface area contributed by atoms with Gasteiger partial charge in [0.15, 0.2) is 0 Å². The van der Waals surface area contributed by atoms with Gasteiger partial charge >= 0.3 is 0 Å². The van der Waals surface area contributed by atoms with Gasteiger partial charge in [-0.25, -0.2) is 0 Å². The maximum atomic E-state index is 12.7. The van der Waals surface area contributed by atoms with E-state index in [4.69, 9.17) is 0 Å². The average molecular weight is 280 g/mol. The molecule has 0 radical (unpaired) electrons. The Morgan fingerprint density at radius 1 is 1.10 bits per heavy atom. The largest absolute Gasteiger partial charge is 0.342 e. The molecule has 4 heteroatoms. The molecule has 0 bridgehead atoms. The molecule has 114 valence electrons. The molecule has 1 aliphatic heterocycles. The maximum Gasteiger partial charge on any atom is 0.246 e. The first kappa shape index (κ1) is 15.3. The van der Waals surface area contributed by atoms with Crippen LogP contribution in [0.3, 0.4) is 0 Å². The number of carbonyl (C=O) groups is 2. The van der Waals surface area contributed by atoms with Crippen LogP contribution in [0.4, 0.5) is 0 Å². The highest BCUT2D eigenvalue weighted by molar-refractivity contribution is 5.97. The highest BCUT2D eigenvalue weighted by atomic mass is 16.2. The highest BCUT2D eigenvalue weighted by Crippen LogP contribution is 2.31. The van der Waals surface area contributed by atoms with E-state index in [0.29, 0.717) is 5.92 Å². The fourth-order valence-electron chi connectivity index (χ4n) is 3.66. The van der Waals surface area contributed by atoms with E-state index in [1.54, 1.807) is 0 Å². The van der Waals surface area contributed by atoms with Gasteiger partial charge in [-0.2, -0.15) is 0 Å². The molecular weight excluding hydrogens is 252 g/mol. The Kier molecular flexibility index (Phi) is 4.71. The summed E-state index contributed by atoms with van der Waals surface area (Å²) in [7, 11) is 0. The minimum absolute atomic E-state index is 0.00837. The van der Waals surface area contributed by atoms with Gasteiger partial charge in [0.05, 0.1) is 0 Å². The summed E-state index contributed by atoms with van der Waals surface area (Å²) in [5.41, 5.74) is 0. The third-order valence-corrected chi connectivity index (χ3v) is 5.05. The Balaban J connectivity index is 2.17. The molecule has 0 aromatic heterocycles. The summed E-state index contributed by atoms with van der Waals surface area (Å²) in [6, 6.07) is -0.524. The van der Waals surface area contributed by atoms with Crippen molar-refractivity contribution in [1.82, 2.24) is 10.2 Å². The van der Waals surface area contributed by atoms with E-state index in [1.807, 2.05) is 25.7 Å². The molecule has 0 spiro atoms. The lowest BCUT2D eigenvalue weighted by atomic mass is 9.82. The maximum absolute atomic E-state index is 12.7. The molecule has 1 saturated carbocycles. The van der Waals surface area contributed by atoms with E-state index >= 15 is 0 Å². The summed E-state index contributed by atoms with van der Waals surface area (Å²) in [5.74, 6) is 0.782. The van der Waals surface area contributed by atoms with Crippen molar-refractivity contribution in [2.45, 2.75) is 77.9 Å². The molecule has 3 atom stereocenters. The van der Waals surface area contributed by atoms with Gasteiger partial charge in [0.2, 0.25) is 11.8 Å². The predicted molar refractivity (Wildman–Crippen MR) is 79.1 cm³/mol. The number of nitrogens with zero attached hydrogens (tertiary/aromatic N) is 1. The molecule has 2 aliphatic rings. The van der Waals surface area contributed by atoms with Crippen LogP contribution in [-0.4, -0.2) is 34.8 Å². The summed E-state index contributed by atoms with van der Waals surface area (Å²) in [6.07, 6.45) is 6.19. The number of carbonyl (C=O) groups excluding carboxylic acids is 2. The van der Waals surface area contributed by atoms with Gasteiger partial charge < -0.3 is 10.2 Å². The first-order valence-electron chi connectivity index (χ1n) is 8.06. The summed E-state index contributed by atoms with van der Waals surface area (Å²) < 4.78 is 0. The number of amides is 2. The van der Waals surface area contributed by atoms with Crippen LogP contribution in [0.15, 0.2) is 0 Å². The SMILES string of the molecule is CC(C)C1NC(=O)C(C)N(C(C)C2CCCCC2)C1=O. The van der Waals surface area contributed by atoms with Crippen LogP contribution in [0.5, 0.6) is 0 Å². The smallest absolute Gasteiger partial charge is 0.246 e. The van der Waals surface area contributed by atoms with Crippen molar-refractivity contribution < 1.29 is 9.59 Å². The second kappa shape index (κ2) is 6.15. The fourth-order valence-corrected chi connectivity index (χ4v) is 3.66. The lowest BCUT2D eigenvalue weighted by molar-refractivity contribution is -0.153. The zero-order valence-electron chi connectivity index (χ0n) is 13.2. The van der Waals surface area contributed by atoms with Crippen LogP contribution >= 0.6 is 0 Å². The van der Waals surface area contributed by atoms with Crippen LogP contribution in [0.2, 0.25) is 0 Å². The van der Waals surface area contributed by atoms with Crippen LogP contribution in [-0.2, 0) is 9.59 Å². The van der Waals surface area contributed by atoms with E-state index in [0.717, 1.165) is 0 Å². The molecule has 0 aromatic rings. The van der Waals surface area contributed by atoms with Gasteiger partial charge in [0.1, 0.15) is 12.1 Å². The van der Waals surface area contributed by atoms with E-state index in [-0.39, 0.29) is 35.9 Å². The Bertz CT molecular complexity index is 375. The van der Waals surface area contributed by atoms with E-state index in [1.165, 1.54) is 32.1 Å². The molecular formula is C16H28N2O2. The molecule has 3 unspecified atom stereocenters. The van der Waals surface area contributed by atoms with Crippen LogP contribution in [0.25, 0.3) is 0 Å². The van der Waals surface area contributed by atoms with Crippen molar-refractivity contribution >= 4 is 11.8 Å². The third-order valence-electron chi connectivity index (χ3n) is 5.05. The molecule has 1 aliphatic carbocycles. The van der Waals surface area contributed by atoms with Crippen molar-refractivity contribution in [3.8, 4) is 0 Å². The fraction of sp³-hybridized carbons (Fsp3) is 0.875. The van der Waals surface area contributed by atoms with Gasteiger partial charge in [0.25, 0.3) is 0 Å². The first-order valence-corrected chi connectivity index (χ1v) is 8.06. The average Bonchev–Trinajstić information content (AvgIpc) is 2.43. The van der Waals surface area contributed by atoms with E-state index in [2.05, 4.69) is 12.2 Å². The summed E-state index contributed by atoms with van der Waals surface area (Å²) in [6.45, 7) is 7.95. The first-order chi connectivity index (χ1) is 9.43. The molecule has 20 heavy (non-hydrogen) atoms. The molecule has 1 N–H and O–H groups in total. The number of hydrogen-bond donors (Lipinski definition) is 1. The van der Waals surface area contributed by atoms with Gasteiger partial charge in [0, 0.05) is 6.04 Å². The highest BCUT2D eigenvalue weighted by Gasteiger charge is 2.43. The van der Waals surface area contributed by atoms with Crippen molar-refractivity contribution in [3.63, 3.8) is 0 Å². The van der Waals surface area contributed by atoms with Crippen molar-refractivity contribution in [3.05, 3.63) is 0 Å². The molecule has 1 saturated heterocycles. The number of nitrogens with one attached hydrogen (secondary N) is 1. The predicted octanol–water partition coefficient (Wildman–Crippen LogP) is 2.33. The summed E-state index contributed by atoms with van der Waals surface area (Å²) in [5, 5.41) is 2.87. The van der Waals surface area contributed by atoms with Gasteiger partial charge in [-0.15, -0.1) is 0 Å². The lowest BCUT2D eigenvalue weighted by Gasteiger charge is -2.45. The second-order valence-corrected chi connectivity index (χ2v) is 6.79. The minimum atomic E-state index is -0.357. The molecule has 2 amide bonds. The van der Waals surface area contributed by atoms with Gasteiger partial charge in [-0.3, -0.25) is 9.59 Å². The second-order valence-electron chi connectivity index (χ2n) is 6.79. The number of hydrogen-bond acceptors (Lipinski definition) is 2. The van der Waals surface area contributed by atoms with Gasteiger partial charge in [-0.05, 0) is 38.5 Å². The van der Waals surface area contributed by atoms with Crippen molar-refractivity contribution in [2.75, 3.05) is 0 Å². The van der Waals surface area contributed by atoms with Gasteiger partial charge in [-0.1, -0.05) is 33.1 Å². The van der Waals surface area contributed by atoms with Crippen molar-refractivity contribution in [1.29, 1.82) is 0 Å². The summed E-state index contributed by atoms with van der Waals surface area (Å²) in [4.78, 5) is 26.7. The standard InChI is InChI=1S/C16H28N2O2/c1-10(2)14-16(20)18(12(4)15(19)17-14)11(3)13-8-6-5-7-9-13/h10-14H,5-9H2,1-4H3,(H,17,19). The van der Waals surface area contributed by atoms with Crippen LogP contribution in [0, 0.1) is 11.8 Å². The topological polar surface area (TPSA) is 49.4 Å². The third kappa shape index (κ3) is 2.84. The molecule has 4 nitrogen and oxygen atoms in total. The van der Waals surface area contributed by atoms with Crippen LogP contribution < -0.4 is 5.32 Å². The molecule has 0 aromatic carbocycles. The summed E-state index contributed by atoms with van der Waals surface area (Å²) >= 11 is 0. The molecule has 2 rings (SSSR count). The monoisotopic (exact) mass is 280 g/mol. The van der Waals surface area contributed by atoms with E-state index < -0.39 is 0 Å². The normalized spacial score (nSPS) is 30.6. The Labute approximate surface area is 122 Å². The quantitative estimate of drug-likeness (QED) is 0.862. The Morgan fingerprint density at radius 2 is 1.70 bits per heavy atom. The van der Waals surface area contributed by atoms with E-state index in [9.17, 15) is 9.59 Å². The minimum Gasteiger partial charge on any atom is -0.342 e.